The van der Waals surface area contributed by atoms with Crippen molar-refractivity contribution in [2.75, 3.05) is 7.11 Å². The Morgan fingerprint density at radius 2 is 2.33 bits per heavy atom. The zero-order valence-electron chi connectivity index (χ0n) is 11.0. The number of hydrogen-bond donors (Lipinski definition) is 1. The van der Waals surface area contributed by atoms with E-state index in [2.05, 4.69) is 15.5 Å². The molecule has 3 rings (SSSR count). The number of amides is 1. The van der Waals surface area contributed by atoms with E-state index in [0.717, 1.165) is 5.56 Å². The topological polar surface area (TPSA) is 77.2 Å². The summed E-state index contributed by atoms with van der Waals surface area (Å²) in [7, 11) is 1.53. The van der Waals surface area contributed by atoms with Crippen LogP contribution in [0.3, 0.4) is 0 Å². The first kappa shape index (κ1) is 13.8. The average Bonchev–Trinajstić information content (AvgIpc) is 3.24. The highest BCUT2D eigenvalue weighted by Gasteiger charge is 2.15. The number of hydrogen-bond acceptors (Lipinski definition) is 7. The molecule has 21 heavy (non-hydrogen) atoms. The fraction of sp³-hybridized carbons (Fsp3) is 0.154. The fourth-order valence-electron chi connectivity index (χ4n) is 1.69. The molecule has 0 saturated heterocycles. The smallest absolute Gasteiger partial charge is 0.265 e. The van der Waals surface area contributed by atoms with E-state index in [1.165, 1.54) is 18.4 Å². The summed E-state index contributed by atoms with van der Waals surface area (Å²) in [6.45, 7) is 0.202. The van der Waals surface area contributed by atoms with Gasteiger partial charge < -0.3 is 14.6 Å². The van der Waals surface area contributed by atoms with E-state index in [-0.39, 0.29) is 12.5 Å². The predicted molar refractivity (Wildman–Crippen MR) is 79.7 cm³/mol. The van der Waals surface area contributed by atoms with Gasteiger partial charge in [0.25, 0.3) is 11.8 Å². The third-order valence-corrected chi connectivity index (χ3v) is 4.28. The van der Waals surface area contributed by atoms with Gasteiger partial charge in [-0.25, -0.2) is 0 Å². The highest BCUT2D eigenvalue weighted by Crippen LogP contribution is 2.24. The molecular formula is C13H11N3O3S2. The normalized spacial score (nSPS) is 10.5. The van der Waals surface area contributed by atoms with Gasteiger partial charge in [0.2, 0.25) is 0 Å². The van der Waals surface area contributed by atoms with Gasteiger partial charge in [-0.1, -0.05) is 5.16 Å². The molecule has 0 aliphatic carbocycles. The molecule has 0 saturated carbocycles. The Hall–Kier alpha value is -2.19. The molecule has 0 atom stereocenters. The number of carbonyl (C=O) groups excluding carboxylic acids is 1. The molecule has 0 unspecified atom stereocenters. The lowest BCUT2D eigenvalue weighted by Crippen LogP contribution is -2.22. The molecule has 8 heteroatoms. The van der Waals surface area contributed by atoms with E-state index in [4.69, 9.17) is 9.26 Å². The highest BCUT2D eigenvalue weighted by molar-refractivity contribution is 7.12. The number of aromatic nitrogens is 2. The standard InChI is InChI=1S/C13H11N3O3S2/c1-18-9-3-5-21-11(9)12(17)14-6-10-15-13(19-16-10)8-2-4-20-7-8/h2-5,7H,6H2,1H3,(H,14,17). The van der Waals surface area contributed by atoms with E-state index >= 15 is 0 Å². The highest BCUT2D eigenvalue weighted by atomic mass is 32.1. The van der Waals surface area contributed by atoms with Crippen LogP contribution in [0.4, 0.5) is 0 Å². The molecule has 0 aliphatic rings. The Labute approximate surface area is 128 Å². The van der Waals surface area contributed by atoms with Gasteiger partial charge in [-0.15, -0.1) is 11.3 Å². The van der Waals surface area contributed by atoms with Crippen LogP contribution in [0.5, 0.6) is 5.75 Å². The first-order valence-electron chi connectivity index (χ1n) is 6.03. The first-order chi connectivity index (χ1) is 10.3. The van der Waals surface area contributed by atoms with E-state index in [9.17, 15) is 4.79 Å². The molecule has 0 fully saturated rings. The molecule has 3 heterocycles. The molecule has 108 valence electrons. The van der Waals surface area contributed by atoms with Crippen molar-refractivity contribution in [3.05, 3.63) is 39.0 Å². The molecular weight excluding hydrogens is 310 g/mol. The second-order valence-corrected chi connectivity index (χ2v) is 5.72. The van der Waals surface area contributed by atoms with Gasteiger partial charge in [0.05, 0.1) is 19.2 Å². The minimum absolute atomic E-state index is 0.202. The van der Waals surface area contributed by atoms with Crippen molar-refractivity contribution in [3.63, 3.8) is 0 Å². The number of rotatable bonds is 5. The molecule has 1 N–H and O–H groups in total. The number of ether oxygens (including phenoxy) is 1. The van der Waals surface area contributed by atoms with Crippen LogP contribution in [0.2, 0.25) is 0 Å². The predicted octanol–water partition coefficient (Wildman–Crippen LogP) is 2.80. The Morgan fingerprint density at radius 1 is 1.43 bits per heavy atom. The van der Waals surface area contributed by atoms with Crippen LogP contribution >= 0.6 is 22.7 Å². The lowest BCUT2D eigenvalue weighted by atomic mass is 10.3. The van der Waals surface area contributed by atoms with Gasteiger partial charge in [0, 0.05) is 5.38 Å². The molecule has 1 amide bonds. The maximum Gasteiger partial charge on any atom is 0.265 e. The largest absolute Gasteiger partial charge is 0.495 e. The third-order valence-electron chi connectivity index (χ3n) is 2.70. The summed E-state index contributed by atoms with van der Waals surface area (Å²) < 4.78 is 10.3. The van der Waals surface area contributed by atoms with Crippen molar-refractivity contribution in [3.8, 4) is 17.2 Å². The molecule has 3 aromatic rings. The molecule has 0 aliphatic heterocycles. The van der Waals surface area contributed by atoms with Gasteiger partial charge in [0.15, 0.2) is 5.82 Å². The van der Waals surface area contributed by atoms with Crippen LogP contribution in [0.1, 0.15) is 15.5 Å². The minimum atomic E-state index is -0.219. The van der Waals surface area contributed by atoms with Crippen molar-refractivity contribution in [2.24, 2.45) is 0 Å². The van der Waals surface area contributed by atoms with Crippen molar-refractivity contribution in [1.82, 2.24) is 15.5 Å². The van der Waals surface area contributed by atoms with Crippen molar-refractivity contribution in [1.29, 1.82) is 0 Å². The molecule has 0 radical (unpaired) electrons. The summed E-state index contributed by atoms with van der Waals surface area (Å²) in [5.74, 6) is 1.22. The van der Waals surface area contributed by atoms with Crippen LogP contribution in [-0.2, 0) is 6.54 Å². The van der Waals surface area contributed by atoms with Crippen LogP contribution in [0, 0.1) is 0 Å². The zero-order chi connectivity index (χ0) is 14.7. The van der Waals surface area contributed by atoms with E-state index in [1.807, 2.05) is 16.8 Å². The monoisotopic (exact) mass is 321 g/mol. The second kappa shape index (κ2) is 6.06. The second-order valence-electron chi connectivity index (χ2n) is 4.03. The first-order valence-corrected chi connectivity index (χ1v) is 7.85. The molecule has 0 aromatic carbocycles. The zero-order valence-corrected chi connectivity index (χ0v) is 12.7. The Kier molecular flexibility index (Phi) is 3.98. The number of nitrogens with zero attached hydrogens (tertiary/aromatic N) is 2. The van der Waals surface area contributed by atoms with Gasteiger partial charge in [-0.3, -0.25) is 4.79 Å². The fourth-order valence-corrected chi connectivity index (χ4v) is 3.10. The van der Waals surface area contributed by atoms with Gasteiger partial charge in [-0.05, 0) is 22.9 Å². The van der Waals surface area contributed by atoms with E-state index < -0.39 is 0 Å². The quantitative estimate of drug-likeness (QED) is 0.782. The Morgan fingerprint density at radius 3 is 3.10 bits per heavy atom. The van der Waals surface area contributed by atoms with Gasteiger partial charge >= 0.3 is 0 Å². The molecule has 0 spiro atoms. The van der Waals surface area contributed by atoms with Crippen molar-refractivity contribution < 1.29 is 14.1 Å². The average molecular weight is 321 g/mol. The number of carbonyl (C=O) groups is 1. The summed E-state index contributed by atoms with van der Waals surface area (Å²) in [5.41, 5.74) is 0.880. The summed E-state index contributed by atoms with van der Waals surface area (Å²) in [6, 6.07) is 3.65. The number of thiophene rings is 2. The summed E-state index contributed by atoms with van der Waals surface area (Å²) in [6.07, 6.45) is 0. The van der Waals surface area contributed by atoms with Crippen molar-refractivity contribution in [2.45, 2.75) is 6.54 Å². The lowest BCUT2D eigenvalue weighted by molar-refractivity contribution is 0.0951. The minimum Gasteiger partial charge on any atom is -0.495 e. The Bertz CT molecular complexity index is 734. The van der Waals surface area contributed by atoms with Crippen LogP contribution in [0.25, 0.3) is 11.5 Å². The van der Waals surface area contributed by atoms with E-state index in [0.29, 0.717) is 22.3 Å². The maximum atomic E-state index is 12.0. The van der Waals surface area contributed by atoms with Crippen LogP contribution < -0.4 is 10.1 Å². The summed E-state index contributed by atoms with van der Waals surface area (Å²) >= 11 is 2.87. The lowest BCUT2D eigenvalue weighted by Gasteiger charge is -2.02. The number of methoxy groups -OCH3 is 1. The third kappa shape index (κ3) is 2.96. The SMILES string of the molecule is COc1ccsc1C(=O)NCc1noc(-c2ccsc2)n1. The van der Waals surface area contributed by atoms with Crippen LogP contribution in [0.15, 0.2) is 32.8 Å². The molecule has 0 bridgehead atoms. The van der Waals surface area contributed by atoms with Crippen LogP contribution in [-0.4, -0.2) is 23.2 Å². The van der Waals surface area contributed by atoms with Gasteiger partial charge in [-0.2, -0.15) is 16.3 Å². The van der Waals surface area contributed by atoms with Crippen molar-refractivity contribution >= 4 is 28.6 Å². The van der Waals surface area contributed by atoms with Gasteiger partial charge in [0.1, 0.15) is 10.6 Å². The Balaban J connectivity index is 1.64. The molecule has 6 nitrogen and oxygen atoms in total. The summed E-state index contributed by atoms with van der Waals surface area (Å²) in [5, 5.41) is 12.2. The summed E-state index contributed by atoms with van der Waals surface area (Å²) in [4.78, 5) is 16.8. The number of nitrogens with one attached hydrogen (secondary N) is 1. The maximum absolute atomic E-state index is 12.0. The van der Waals surface area contributed by atoms with E-state index in [1.54, 1.807) is 22.8 Å². The molecule has 3 aromatic heterocycles.